The molecule has 0 spiro atoms. The molecule has 24 heavy (non-hydrogen) atoms. The van der Waals surface area contributed by atoms with Crippen molar-refractivity contribution >= 4 is 14.3 Å². The summed E-state index contributed by atoms with van der Waals surface area (Å²) in [6.07, 6.45) is 2.38. The molecule has 0 atom stereocenters. The second-order valence-electron chi connectivity index (χ2n) is 8.16. The predicted octanol–water partition coefficient (Wildman–Crippen LogP) is 4.81. The van der Waals surface area contributed by atoms with Gasteiger partial charge in [-0.2, -0.15) is 0 Å². The SMILES string of the molecule is COC(=O)COc1cc(C2CC2)c(O[Si](C)(C)C(C)(C)C)cc1C. The normalized spacial score (nSPS) is 15.1. The average Bonchev–Trinajstić information content (AvgIpc) is 3.29. The summed E-state index contributed by atoms with van der Waals surface area (Å²) in [6, 6.07) is 4.12. The number of rotatable bonds is 6. The third kappa shape index (κ3) is 4.32. The molecule has 1 fully saturated rings. The van der Waals surface area contributed by atoms with E-state index in [9.17, 15) is 4.79 Å². The first-order valence-electron chi connectivity index (χ1n) is 8.58. The maximum absolute atomic E-state index is 11.3. The summed E-state index contributed by atoms with van der Waals surface area (Å²) in [4.78, 5) is 11.3. The van der Waals surface area contributed by atoms with Crippen LogP contribution in [-0.4, -0.2) is 28.0 Å². The highest BCUT2D eigenvalue weighted by Gasteiger charge is 2.40. The van der Waals surface area contributed by atoms with Crippen molar-refractivity contribution in [1.82, 2.24) is 0 Å². The van der Waals surface area contributed by atoms with Crippen molar-refractivity contribution in [2.45, 2.75) is 64.6 Å². The second-order valence-corrected chi connectivity index (χ2v) is 12.9. The standard InChI is InChI=1S/C19H30O4Si/c1-13-10-17(23-24(6,7)19(2,3)4)15(14-8-9-14)11-16(13)22-12-18(20)21-5/h10-11,14H,8-9,12H2,1-7H3. The minimum absolute atomic E-state index is 0.0656. The highest BCUT2D eigenvalue weighted by Crippen LogP contribution is 2.48. The van der Waals surface area contributed by atoms with Crippen molar-refractivity contribution in [3.8, 4) is 11.5 Å². The molecule has 1 aliphatic rings. The molecule has 5 heteroatoms. The Morgan fingerprint density at radius 2 is 1.83 bits per heavy atom. The molecule has 0 heterocycles. The first kappa shape index (κ1) is 18.8. The third-order valence-electron chi connectivity index (χ3n) is 5.07. The van der Waals surface area contributed by atoms with Gasteiger partial charge in [-0.05, 0) is 67.1 Å². The van der Waals surface area contributed by atoms with E-state index in [1.54, 1.807) is 0 Å². The zero-order chi connectivity index (χ0) is 18.1. The van der Waals surface area contributed by atoms with Gasteiger partial charge in [0.05, 0.1) is 7.11 Å². The van der Waals surface area contributed by atoms with Crippen molar-refractivity contribution in [3.63, 3.8) is 0 Å². The van der Waals surface area contributed by atoms with E-state index in [0.717, 1.165) is 17.1 Å². The highest BCUT2D eigenvalue weighted by atomic mass is 28.4. The number of hydrogen-bond acceptors (Lipinski definition) is 4. The summed E-state index contributed by atoms with van der Waals surface area (Å²) >= 11 is 0. The van der Waals surface area contributed by atoms with Crippen LogP contribution in [0.15, 0.2) is 12.1 Å². The molecule has 134 valence electrons. The summed E-state index contributed by atoms with van der Waals surface area (Å²) in [6.45, 7) is 13.2. The predicted molar refractivity (Wildman–Crippen MR) is 98.5 cm³/mol. The van der Waals surface area contributed by atoms with Crippen LogP contribution in [0.3, 0.4) is 0 Å². The number of carbonyl (C=O) groups excluding carboxylic acids is 1. The topological polar surface area (TPSA) is 44.8 Å². The molecule has 0 aliphatic heterocycles. The quantitative estimate of drug-likeness (QED) is 0.545. The van der Waals surface area contributed by atoms with Gasteiger partial charge in [0.25, 0.3) is 0 Å². The molecule has 1 aliphatic carbocycles. The lowest BCUT2D eigenvalue weighted by atomic mass is 10.1. The number of benzene rings is 1. The van der Waals surface area contributed by atoms with E-state index in [1.165, 1.54) is 25.5 Å². The molecular weight excluding hydrogens is 320 g/mol. The molecular formula is C19H30O4Si. The molecule has 1 aromatic carbocycles. The van der Waals surface area contributed by atoms with Crippen LogP contribution in [0, 0.1) is 6.92 Å². The fourth-order valence-corrected chi connectivity index (χ4v) is 3.29. The van der Waals surface area contributed by atoms with E-state index in [2.05, 4.69) is 50.7 Å². The lowest BCUT2D eigenvalue weighted by Crippen LogP contribution is -2.44. The molecule has 0 amide bonds. The van der Waals surface area contributed by atoms with Gasteiger partial charge in [-0.1, -0.05) is 20.8 Å². The number of carbonyl (C=O) groups is 1. The van der Waals surface area contributed by atoms with Crippen LogP contribution < -0.4 is 9.16 Å². The maximum atomic E-state index is 11.3. The van der Waals surface area contributed by atoms with Gasteiger partial charge in [0.15, 0.2) is 6.61 Å². The molecule has 0 saturated heterocycles. The zero-order valence-electron chi connectivity index (χ0n) is 16.0. The summed E-state index contributed by atoms with van der Waals surface area (Å²) in [5.74, 6) is 1.91. The van der Waals surface area contributed by atoms with Crippen LogP contribution in [0.4, 0.5) is 0 Å². The maximum Gasteiger partial charge on any atom is 0.343 e. The number of hydrogen-bond donors (Lipinski definition) is 0. The molecule has 0 radical (unpaired) electrons. The van der Waals surface area contributed by atoms with E-state index in [0.29, 0.717) is 5.92 Å². The van der Waals surface area contributed by atoms with E-state index in [4.69, 9.17) is 9.16 Å². The van der Waals surface area contributed by atoms with Crippen LogP contribution in [0.2, 0.25) is 18.1 Å². The first-order chi connectivity index (χ1) is 11.0. The van der Waals surface area contributed by atoms with Crippen LogP contribution in [0.1, 0.15) is 50.7 Å². The molecule has 2 rings (SSSR count). The Kier molecular flexibility index (Phi) is 5.33. The van der Waals surface area contributed by atoms with Crippen molar-refractivity contribution in [1.29, 1.82) is 0 Å². The minimum Gasteiger partial charge on any atom is -0.543 e. The molecule has 4 nitrogen and oxygen atoms in total. The Hall–Kier alpha value is -1.49. The molecule has 0 bridgehead atoms. The van der Waals surface area contributed by atoms with Crippen LogP contribution >= 0.6 is 0 Å². The molecule has 0 N–H and O–H groups in total. The number of methoxy groups -OCH3 is 1. The summed E-state index contributed by atoms with van der Waals surface area (Å²) in [5.41, 5.74) is 2.20. The van der Waals surface area contributed by atoms with E-state index < -0.39 is 8.32 Å². The van der Waals surface area contributed by atoms with E-state index >= 15 is 0 Å². The third-order valence-corrected chi connectivity index (χ3v) is 9.41. The molecule has 1 saturated carbocycles. The van der Waals surface area contributed by atoms with Crippen molar-refractivity contribution < 1.29 is 18.7 Å². The Labute approximate surface area is 146 Å². The van der Waals surface area contributed by atoms with E-state index in [1.807, 2.05) is 6.92 Å². The van der Waals surface area contributed by atoms with Gasteiger partial charge in [-0.25, -0.2) is 4.79 Å². The minimum atomic E-state index is -1.89. The fourth-order valence-electron chi connectivity index (χ4n) is 2.26. The number of aryl methyl sites for hydroxylation is 1. The van der Waals surface area contributed by atoms with Crippen LogP contribution in [-0.2, 0) is 9.53 Å². The summed E-state index contributed by atoms with van der Waals surface area (Å²) < 4.78 is 16.9. The second kappa shape index (κ2) is 6.79. The van der Waals surface area contributed by atoms with Crippen molar-refractivity contribution in [2.75, 3.05) is 13.7 Å². The molecule has 1 aromatic rings. The Morgan fingerprint density at radius 3 is 2.33 bits per heavy atom. The Bertz CT molecular complexity index is 613. The highest BCUT2D eigenvalue weighted by molar-refractivity contribution is 6.74. The Morgan fingerprint density at radius 1 is 1.21 bits per heavy atom. The van der Waals surface area contributed by atoms with Gasteiger partial charge in [0.2, 0.25) is 8.32 Å². The zero-order valence-corrected chi connectivity index (χ0v) is 17.0. The van der Waals surface area contributed by atoms with Gasteiger partial charge in [0.1, 0.15) is 11.5 Å². The van der Waals surface area contributed by atoms with Crippen molar-refractivity contribution in [3.05, 3.63) is 23.3 Å². The van der Waals surface area contributed by atoms with Crippen molar-refractivity contribution in [2.24, 2.45) is 0 Å². The first-order valence-corrected chi connectivity index (χ1v) is 11.5. The van der Waals surface area contributed by atoms with Crippen LogP contribution in [0.5, 0.6) is 11.5 Å². The van der Waals surface area contributed by atoms with Gasteiger partial charge in [-0.15, -0.1) is 0 Å². The lowest BCUT2D eigenvalue weighted by Gasteiger charge is -2.37. The number of esters is 1. The largest absolute Gasteiger partial charge is 0.543 e. The van der Waals surface area contributed by atoms with Gasteiger partial charge in [0, 0.05) is 0 Å². The average molecular weight is 351 g/mol. The van der Waals surface area contributed by atoms with Gasteiger partial charge in [-0.3, -0.25) is 0 Å². The Balaban J connectivity index is 2.29. The molecule has 0 unspecified atom stereocenters. The van der Waals surface area contributed by atoms with Crippen LogP contribution in [0.25, 0.3) is 0 Å². The number of ether oxygens (including phenoxy) is 2. The smallest absolute Gasteiger partial charge is 0.343 e. The molecule has 0 aromatic heterocycles. The summed E-state index contributed by atoms with van der Waals surface area (Å²) in [5, 5.41) is 0.155. The van der Waals surface area contributed by atoms with E-state index in [-0.39, 0.29) is 17.6 Å². The summed E-state index contributed by atoms with van der Waals surface area (Å²) in [7, 11) is -0.527. The van der Waals surface area contributed by atoms with Gasteiger partial charge < -0.3 is 13.9 Å². The monoisotopic (exact) mass is 350 g/mol. The fraction of sp³-hybridized carbons (Fsp3) is 0.632. The van der Waals surface area contributed by atoms with Gasteiger partial charge >= 0.3 is 5.97 Å². The lowest BCUT2D eigenvalue weighted by molar-refractivity contribution is -0.142.